The molecule has 0 fully saturated rings. The molecule has 0 radical (unpaired) electrons. The molecule has 162 valence electrons. The normalized spacial score (nSPS) is 13.3. The first-order valence-electron chi connectivity index (χ1n) is 10.3. The van der Waals surface area contributed by atoms with E-state index in [0.29, 0.717) is 10.9 Å². The summed E-state index contributed by atoms with van der Waals surface area (Å²) in [6.45, 7) is 0. The molecule has 0 bridgehead atoms. The summed E-state index contributed by atoms with van der Waals surface area (Å²) in [7, 11) is 0. The molecule has 2 heterocycles. The van der Waals surface area contributed by atoms with Gasteiger partial charge in [-0.2, -0.15) is 0 Å². The largest absolute Gasteiger partial charge is 0.478 e. The molecule has 32 heavy (non-hydrogen) atoms. The maximum atomic E-state index is 13.7. The summed E-state index contributed by atoms with van der Waals surface area (Å²) in [6.07, 6.45) is 4.23. The molecule has 0 saturated heterocycles. The second-order valence-corrected chi connectivity index (χ2v) is 10.6. The second-order valence-electron chi connectivity index (χ2n) is 7.69. The molecule has 1 aliphatic rings. The highest BCUT2D eigenvalue weighted by molar-refractivity contribution is 9.10. The Morgan fingerprint density at radius 3 is 2.53 bits per heavy atom. The number of aromatic nitrogens is 2. The molecule has 1 N–H and O–H groups in total. The molecule has 5 nitrogen and oxygen atoms in total. The van der Waals surface area contributed by atoms with Gasteiger partial charge in [-0.3, -0.25) is 9.36 Å². The first-order chi connectivity index (χ1) is 15.5. The summed E-state index contributed by atoms with van der Waals surface area (Å²) >= 11 is 6.61. The van der Waals surface area contributed by atoms with Crippen LogP contribution in [-0.2, 0) is 18.6 Å². The van der Waals surface area contributed by atoms with E-state index in [2.05, 4.69) is 15.9 Å². The second kappa shape index (κ2) is 8.84. The van der Waals surface area contributed by atoms with Crippen molar-refractivity contribution in [1.29, 1.82) is 0 Å². The van der Waals surface area contributed by atoms with Crippen LogP contribution >= 0.6 is 39.0 Å². The number of halogens is 1. The number of rotatable bonds is 5. The molecular formula is C24H19BrN2O3S2. The van der Waals surface area contributed by atoms with Gasteiger partial charge < -0.3 is 5.11 Å². The molecule has 0 spiro atoms. The number of fused-ring (bicyclic) bond motifs is 3. The Hall–Kier alpha value is -2.42. The van der Waals surface area contributed by atoms with Gasteiger partial charge in [0.1, 0.15) is 4.83 Å². The number of thiophene rings is 1. The average molecular weight is 527 g/mol. The van der Waals surface area contributed by atoms with Gasteiger partial charge in [-0.15, -0.1) is 11.3 Å². The zero-order valence-electron chi connectivity index (χ0n) is 17.0. The lowest BCUT2D eigenvalue weighted by Gasteiger charge is -2.14. The third-order valence-electron chi connectivity index (χ3n) is 5.61. The number of benzene rings is 2. The van der Waals surface area contributed by atoms with Gasteiger partial charge in [0.2, 0.25) is 0 Å². The lowest BCUT2D eigenvalue weighted by atomic mass is 9.97. The van der Waals surface area contributed by atoms with E-state index in [-0.39, 0.29) is 11.1 Å². The number of carboxylic acid groups (broad SMARTS) is 1. The fourth-order valence-corrected chi connectivity index (χ4v) is 6.53. The lowest BCUT2D eigenvalue weighted by molar-refractivity contribution is 0.0697. The first kappa shape index (κ1) is 21.4. The molecule has 0 saturated carbocycles. The van der Waals surface area contributed by atoms with E-state index in [0.717, 1.165) is 51.6 Å². The Labute approximate surface area is 201 Å². The van der Waals surface area contributed by atoms with E-state index in [4.69, 9.17) is 10.1 Å². The third kappa shape index (κ3) is 4.02. The highest BCUT2D eigenvalue weighted by Gasteiger charge is 2.23. The Morgan fingerprint density at radius 1 is 1.09 bits per heavy atom. The lowest BCUT2D eigenvalue weighted by Crippen LogP contribution is -2.22. The van der Waals surface area contributed by atoms with Crippen molar-refractivity contribution in [3.05, 3.63) is 84.9 Å². The van der Waals surface area contributed by atoms with Crippen molar-refractivity contribution < 1.29 is 9.90 Å². The van der Waals surface area contributed by atoms with Gasteiger partial charge in [-0.1, -0.05) is 39.8 Å². The van der Waals surface area contributed by atoms with Crippen molar-refractivity contribution in [1.82, 2.24) is 9.55 Å². The monoisotopic (exact) mass is 526 g/mol. The molecule has 2 aromatic heterocycles. The van der Waals surface area contributed by atoms with Gasteiger partial charge in [0.05, 0.1) is 16.6 Å². The molecule has 0 aliphatic heterocycles. The summed E-state index contributed by atoms with van der Waals surface area (Å²) in [4.78, 5) is 31.9. The minimum Gasteiger partial charge on any atom is -0.478 e. The minimum atomic E-state index is -0.943. The number of nitrogens with zero attached hydrogens (tertiary/aromatic N) is 2. The SMILES string of the molecule is O=C(O)c1ccc(CSc2nc3sc4c(c3c(=O)n2-c2ccc(Br)cc2)CCCC4)cc1. The van der Waals surface area contributed by atoms with Crippen LogP contribution in [0.1, 0.15) is 39.2 Å². The molecule has 1 aliphatic carbocycles. The fourth-order valence-electron chi connectivity index (χ4n) is 3.99. The van der Waals surface area contributed by atoms with Crippen LogP contribution in [-0.4, -0.2) is 20.6 Å². The van der Waals surface area contributed by atoms with Crippen LogP contribution in [0.4, 0.5) is 0 Å². The van der Waals surface area contributed by atoms with Crippen molar-refractivity contribution in [2.24, 2.45) is 0 Å². The van der Waals surface area contributed by atoms with Gasteiger partial charge in [0.15, 0.2) is 5.16 Å². The standard InChI is InChI=1S/C24H19BrN2O3S2/c25-16-9-11-17(12-10-16)27-22(28)20-18-3-1-2-4-19(18)32-21(20)26-24(27)31-13-14-5-7-15(8-6-14)23(29)30/h5-12H,1-4,13H2,(H,29,30). The Bertz CT molecular complexity index is 1380. The zero-order chi connectivity index (χ0) is 22.2. The number of carboxylic acids is 1. The molecule has 5 rings (SSSR count). The topological polar surface area (TPSA) is 72.2 Å². The Balaban J connectivity index is 1.60. The average Bonchev–Trinajstić information content (AvgIpc) is 3.17. The predicted octanol–water partition coefficient (Wildman–Crippen LogP) is 6.08. The summed E-state index contributed by atoms with van der Waals surface area (Å²) in [5, 5.41) is 10.5. The predicted molar refractivity (Wildman–Crippen MR) is 133 cm³/mol. The maximum Gasteiger partial charge on any atom is 0.335 e. The highest BCUT2D eigenvalue weighted by Crippen LogP contribution is 2.35. The smallest absolute Gasteiger partial charge is 0.335 e. The van der Waals surface area contributed by atoms with Crippen molar-refractivity contribution in [3.8, 4) is 5.69 Å². The van der Waals surface area contributed by atoms with Crippen molar-refractivity contribution in [2.75, 3.05) is 0 Å². The molecule has 8 heteroatoms. The minimum absolute atomic E-state index is 0.0135. The van der Waals surface area contributed by atoms with E-state index in [9.17, 15) is 9.59 Å². The van der Waals surface area contributed by atoms with E-state index in [1.807, 2.05) is 24.3 Å². The molecule has 2 aromatic carbocycles. The molecule has 0 unspecified atom stereocenters. The molecule has 4 aromatic rings. The molecule has 0 atom stereocenters. The van der Waals surface area contributed by atoms with E-state index >= 15 is 0 Å². The Kier molecular flexibility index (Phi) is 5.92. The summed E-state index contributed by atoms with van der Waals surface area (Å²) in [6, 6.07) is 14.5. The number of hydrogen-bond acceptors (Lipinski definition) is 5. The Morgan fingerprint density at radius 2 is 1.81 bits per heavy atom. The first-order valence-corrected chi connectivity index (χ1v) is 12.9. The van der Waals surface area contributed by atoms with Crippen LogP contribution < -0.4 is 5.56 Å². The van der Waals surface area contributed by atoms with Crippen LogP contribution in [0, 0.1) is 0 Å². The van der Waals surface area contributed by atoms with Gasteiger partial charge in [-0.05, 0) is 73.2 Å². The summed E-state index contributed by atoms with van der Waals surface area (Å²) in [5.41, 5.74) is 3.18. The van der Waals surface area contributed by atoms with Crippen LogP contribution in [0.25, 0.3) is 15.9 Å². The number of aryl methyl sites for hydroxylation is 2. The molecule has 0 amide bonds. The highest BCUT2D eigenvalue weighted by atomic mass is 79.9. The van der Waals surface area contributed by atoms with Crippen molar-refractivity contribution >= 4 is 55.2 Å². The number of aromatic carboxylic acids is 1. The molecular weight excluding hydrogens is 508 g/mol. The number of carbonyl (C=O) groups is 1. The van der Waals surface area contributed by atoms with Crippen LogP contribution in [0.3, 0.4) is 0 Å². The maximum absolute atomic E-state index is 13.7. The number of thioether (sulfide) groups is 1. The van der Waals surface area contributed by atoms with E-state index < -0.39 is 5.97 Å². The van der Waals surface area contributed by atoms with Gasteiger partial charge in [-0.25, -0.2) is 9.78 Å². The van der Waals surface area contributed by atoms with Gasteiger partial charge in [0, 0.05) is 15.1 Å². The third-order valence-corrected chi connectivity index (χ3v) is 8.34. The van der Waals surface area contributed by atoms with Crippen LogP contribution in [0.5, 0.6) is 0 Å². The fraction of sp³-hybridized carbons (Fsp3) is 0.208. The quantitative estimate of drug-likeness (QED) is 0.252. The number of hydrogen-bond donors (Lipinski definition) is 1. The zero-order valence-corrected chi connectivity index (χ0v) is 20.2. The van der Waals surface area contributed by atoms with Crippen LogP contribution in [0.2, 0.25) is 0 Å². The van der Waals surface area contributed by atoms with E-state index in [1.54, 1.807) is 40.2 Å². The van der Waals surface area contributed by atoms with Gasteiger partial charge in [0.25, 0.3) is 5.56 Å². The van der Waals surface area contributed by atoms with E-state index in [1.165, 1.54) is 22.2 Å². The van der Waals surface area contributed by atoms with Crippen LogP contribution in [0.15, 0.2) is 63.0 Å². The van der Waals surface area contributed by atoms with Crippen molar-refractivity contribution in [2.45, 2.75) is 36.6 Å². The van der Waals surface area contributed by atoms with Gasteiger partial charge >= 0.3 is 5.97 Å². The van der Waals surface area contributed by atoms with Crippen molar-refractivity contribution in [3.63, 3.8) is 0 Å². The summed E-state index contributed by atoms with van der Waals surface area (Å²) in [5.74, 6) is -0.360. The summed E-state index contributed by atoms with van der Waals surface area (Å²) < 4.78 is 2.66.